The fourth-order valence-corrected chi connectivity index (χ4v) is 7.32. The number of fused-ring (bicyclic) bond motifs is 1. The van der Waals surface area contributed by atoms with E-state index in [-0.39, 0.29) is 0 Å². The van der Waals surface area contributed by atoms with E-state index in [0.717, 1.165) is 17.1 Å². The molecule has 1 heteroatoms. The Kier molecular flexibility index (Phi) is 8.66. The minimum absolute atomic E-state index is 1.10. The molecule has 0 spiro atoms. The van der Waals surface area contributed by atoms with E-state index in [1.54, 1.807) is 0 Å². The Morgan fingerprint density at radius 1 is 0.208 bits per heavy atom. The largest absolute Gasteiger partial charge is 0.311 e. The summed E-state index contributed by atoms with van der Waals surface area (Å²) in [5.41, 5.74) is 15.4. The number of hydrogen-bond donors (Lipinski definition) is 0. The SMILES string of the molecule is c1ccc(-c2ccc(N(c3ccc(-c4ccccc4)cc3)c3ccc(-c4cc5ccccc5cc4-c4cccc(-c5ccccc5)c4)cc3)cc2)cc1. The standard InChI is InChI=1S/C52H37N/c1-4-13-38(14-5-1)41-23-29-48(30-24-41)53(49-31-25-42(26-32-49)39-15-6-2-7-16-39)50-33-27-43(28-34-50)51-36-45-19-10-11-20-46(45)37-52(51)47-22-12-21-44(35-47)40-17-8-3-9-18-40/h1-37H. The van der Waals surface area contributed by atoms with Gasteiger partial charge in [-0.15, -0.1) is 0 Å². The van der Waals surface area contributed by atoms with Crippen LogP contribution in [0, 0.1) is 0 Å². The van der Waals surface area contributed by atoms with Crippen molar-refractivity contribution in [2.75, 3.05) is 4.90 Å². The van der Waals surface area contributed by atoms with Crippen molar-refractivity contribution in [1.29, 1.82) is 0 Å². The van der Waals surface area contributed by atoms with Gasteiger partial charge in [0.05, 0.1) is 0 Å². The second-order valence-corrected chi connectivity index (χ2v) is 13.4. The number of hydrogen-bond acceptors (Lipinski definition) is 1. The van der Waals surface area contributed by atoms with Crippen molar-refractivity contribution in [1.82, 2.24) is 0 Å². The summed E-state index contributed by atoms with van der Waals surface area (Å²) in [6.45, 7) is 0. The van der Waals surface area contributed by atoms with Gasteiger partial charge in [0.1, 0.15) is 0 Å². The van der Waals surface area contributed by atoms with E-state index in [1.807, 2.05) is 0 Å². The Morgan fingerprint density at radius 2 is 0.528 bits per heavy atom. The summed E-state index contributed by atoms with van der Waals surface area (Å²) < 4.78 is 0. The Morgan fingerprint density at radius 3 is 0.981 bits per heavy atom. The number of anilines is 3. The maximum atomic E-state index is 2.35. The Hall–Kier alpha value is -6.96. The van der Waals surface area contributed by atoms with Gasteiger partial charge < -0.3 is 4.90 Å². The van der Waals surface area contributed by atoms with Crippen molar-refractivity contribution >= 4 is 27.8 Å². The predicted octanol–water partition coefficient (Wildman–Crippen LogP) is 14.6. The summed E-state index contributed by atoms with van der Waals surface area (Å²) in [6.07, 6.45) is 0. The van der Waals surface area contributed by atoms with E-state index in [4.69, 9.17) is 0 Å². The van der Waals surface area contributed by atoms with Crippen molar-refractivity contribution in [3.63, 3.8) is 0 Å². The first-order valence-corrected chi connectivity index (χ1v) is 18.2. The molecule has 9 aromatic carbocycles. The van der Waals surface area contributed by atoms with Crippen molar-refractivity contribution in [3.8, 4) is 55.6 Å². The van der Waals surface area contributed by atoms with Crippen molar-refractivity contribution < 1.29 is 0 Å². The first-order chi connectivity index (χ1) is 26.3. The van der Waals surface area contributed by atoms with E-state index >= 15 is 0 Å². The van der Waals surface area contributed by atoms with Gasteiger partial charge in [-0.2, -0.15) is 0 Å². The quantitative estimate of drug-likeness (QED) is 0.155. The van der Waals surface area contributed by atoms with Crippen LogP contribution in [0.15, 0.2) is 224 Å². The smallest absolute Gasteiger partial charge is 0.0462 e. The van der Waals surface area contributed by atoms with Crippen molar-refractivity contribution in [2.24, 2.45) is 0 Å². The van der Waals surface area contributed by atoms with Crippen LogP contribution < -0.4 is 4.90 Å². The molecule has 0 unspecified atom stereocenters. The molecule has 0 heterocycles. The van der Waals surface area contributed by atoms with E-state index in [9.17, 15) is 0 Å². The predicted molar refractivity (Wildman–Crippen MR) is 226 cm³/mol. The molecular weight excluding hydrogens is 639 g/mol. The molecule has 9 rings (SSSR count). The molecule has 0 N–H and O–H groups in total. The molecule has 250 valence electrons. The van der Waals surface area contributed by atoms with Crippen LogP contribution in [-0.4, -0.2) is 0 Å². The van der Waals surface area contributed by atoms with E-state index in [2.05, 4.69) is 229 Å². The molecule has 0 aromatic heterocycles. The minimum atomic E-state index is 1.10. The second kappa shape index (κ2) is 14.3. The fourth-order valence-electron chi connectivity index (χ4n) is 7.32. The lowest BCUT2D eigenvalue weighted by molar-refractivity contribution is 1.28. The molecule has 0 aliphatic heterocycles. The highest BCUT2D eigenvalue weighted by Crippen LogP contribution is 2.41. The topological polar surface area (TPSA) is 3.24 Å². The van der Waals surface area contributed by atoms with Gasteiger partial charge in [-0.3, -0.25) is 0 Å². The molecule has 0 radical (unpaired) electrons. The Bertz CT molecular complexity index is 2530. The van der Waals surface area contributed by atoms with Gasteiger partial charge >= 0.3 is 0 Å². The second-order valence-electron chi connectivity index (χ2n) is 13.4. The van der Waals surface area contributed by atoms with Crippen LogP contribution in [0.4, 0.5) is 17.1 Å². The third kappa shape index (κ3) is 6.65. The third-order valence-corrected chi connectivity index (χ3v) is 10.1. The molecule has 53 heavy (non-hydrogen) atoms. The summed E-state index contributed by atoms with van der Waals surface area (Å²) in [5, 5.41) is 2.46. The van der Waals surface area contributed by atoms with Gasteiger partial charge in [-0.25, -0.2) is 0 Å². The van der Waals surface area contributed by atoms with Gasteiger partial charge in [0.2, 0.25) is 0 Å². The summed E-state index contributed by atoms with van der Waals surface area (Å²) in [6, 6.07) is 80.8. The molecule has 0 aliphatic rings. The van der Waals surface area contributed by atoms with Crippen LogP contribution in [0.1, 0.15) is 0 Å². The molecule has 0 saturated carbocycles. The normalized spacial score (nSPS) is 11.0. The van der Waals surface area contributed by atoms with Crippen LogP contribution in [0.2, 0.25) is 0 Å². The summed E-state index contributed by atoms with van der Waals surface area (Å²) >= 11 is 0. The van der Waals surface area contributed by atoms with Gasteiger partial charge in [-0.05, 0) is 121 Å². The lowest BCUT2D eigenvalue weighted by atomic mass is 9.90. The van der Waals surface area contributed by atoms with Crippen molar-refractivity contribution in [3.05, 3.63) is 224 Å². The first-order valence-electron chi connectivity index (χ1n) is 18.2. The zero-order chi connectivity index (χ0) is 35.4. The molecule has 1 nitrogen and oxygen atoms in total. The van der Waals surface area contributed by atoms with Crippen LogP contribution in [0.5, 0.6) is 0 Å². The number of rotatable bonds is 8. The van der Waals surface area contributed by atoms with Gasteiger partial charge in [-0.1, -0.05) is 170 Å². The molecule has 9 aromatic rings. The highest BCUT2D eigenvalue weighted by atomic mass is 15.1. The average Bonchev–Trinajstić information content (AvgIpc) is 3.25. The molecule has 0 bridgehead atoms. The Labute approximate surface area is 311 Å². The zero-order valence-electron chi connectivity index (χ0n) is 29.3. The molecule has 0 fully saturated rings. The van der Waals surface area contributed by atoms with Crippen LogP contribution >= 0.6 is 0 Å². The minimum Gasteiger partial charge on any atom is -0.311 e. The summed E-state index contributed by atoms with van der Waals surface area (Å²) in [4.78, 5) is 2.35. The lowest BCUT2D eigenvalue weighted by Gasteiger charge is -2.26. The molecule has 0 saturated heterocycles. The maximum absolute atomic E-state index is 2.35. The zero-order valence-corrected chi connectivity index (χ0v) is 29.3. The van der Waals surface area contributed by atoms with Crippen molar-refractivity contribution in [2.45, 2.75) is 0 Å². The average molecular weight is 676 g/mol. The third-order valence-electron chi connectivity index (χ3n) is 10.1. The van der Waals surface area contributed by atoms with E-state index in [1.165, 1.54) is 66.4 Å². The molecule has 0 atom stereocenters. The van der Waals surface area contributed by atoms with Gasteiger partial charge in [0, 0.05) is 17.1 Å². The molecule has 0 aliphatic carbocycles. The van der Waals surface area contributed by atoms with Crippen LogP contribution in [0.3, 0.4) is 0 Å². The fraction of sp³-hybridized carbons (Fsp3) is 0. The lowest BCUT2D eigenvalue weighted by Crippen LogP contribution is -2.09. The van der Waals surface area contributed by atoms with Crippen LogP contribution in [-0.2, 0) is 0 Å². The summed E-state index contributed by atoms with van der Waals surface area (Å²) in [7, 11) is 0. The number of benzene rings is 9. The Balaban J connectivity index is 1.13. The highest BCUT2D eigenvalue weighted by Gasteiger charge is 2.16. The van der Waals surface area contributed by atoms with E-state index < -0.39 is 0 Å². The first kappa shape index (κ1) is 32.0. The highest BCUT2D eigenvalue weighted by molar-refractivity contribution is 5.97. The van der Waals surface area contributed by atoms with Gasteiger partial charge in [0.25, 0.3) is 0 Å². The van der Waals surface area contributed by atoms with Crippen LogP contribution in [0.25, 0.3) is 66.4 Å². The van der Waals surface area contributed by atoms with E-state index in [0.29, 0.717) is 0 Å². The number of nitrogens with zero attached hydrogens (tertiary/aromatic N) is 1. The van der Waals surface area contributed by atoms with Gasteiger partial charge in [0.15, 0.2) is 0 Å². The summed E-state index contributed by atoms with van der Waals surface area (Å²) in [5.74, 6) is 0. The monoisotopic (exact) mass is 675 g/mol. The molecule has 0 amide bonds. The molecular formula is C52H37N. The maximum Gasteiger partial charge on any atom is 0.0462 e.